The van der Waals surface area contributed by atoms with Gasteiger partial charge < -0.3 is 10.0 Å². The maximum Gasteiger partial charge on any atom is 0.220 e. The summed E-state index contributed by atoms with van der Waals surface area (Å²) in [6, 6.07) is 0. The third kappa shape index (κ3) is 2.38. The number of carbonyl (C=O) groups is 1. The Hall–Kier alpha value is -1.61. The fraction of sp³-hybridized carbons (Fsp3) is 0.700. The zero-order chi connectivity index (χ0) is 23.8. The van der Waals surface area contributed by atoms with Crippen LogP contribution in [0, 0.1) is 33.5 Å². The first kappa shape index (κ1) is 21.9. The quantitative estimate of drug-likeness (QED) is 0.496. The molecule has 4 saturated carbocycles. The van der Waals surface area contributed by atoms with E-state index in [1.807, 2.05) is 6.92 Å². The molecule has 0 saturated heterocycles. The third-order valence-electron chi connectivity index (χ3n) is 12.3. The van der Waals surface area contributed by atoms with Crippen molar-refractivity contribution in [3.63, 3.8) is 0 Å². The van der Waals surface area contributed by atoms with Crippen LogP contribution in [0.2, 0.25) is 0 Å². The number of ketones is 1. The summed E-state index contributed by atoms with van der Waals surface area (Å²) in [5.74, 6) is 1.31. The fourth-order valence-electron chi connectivity index (χ4n) is 9.81. The normalized spacial score (nSPS) is 50.3. The average Bonchev–Trinajstić information content (AvgIpc) is 3.47. The number of allylic oxidation sites excluding steroid dienone is 7. The van der Waals surface area contributed by atoms with Gasteiger partial charge in [-0.1, -0.05) is 45.4 Å². The second kappa shape index (κ2) is 6.14. The van der Waals surface area contributed by atoms with Crippen LogP contribution in [0.3, 0.4) is 0 Å². The Morgan fingerprint density at radius 3 is 2.39 bits per heavy atom. The zero-order valence-corrected chi connectivity index (χ0v) is 21.6. The maximum atomic E-state index is 12.6. The van der Waals surface area contributed by atoms with Crippen LogP contribution in [0.15, 0.2) is 46.3 Å². The topological polar surface area (TPSA) is 40.5 Å². The number of aliphatic hydroxyl groups excluding tert-OH is 1. The van der Waals surface area contributed by atoms with Crippen molar-refractivity contribution in [2.24, 2.45) is 33.5 Å². The smallest absolute Gasteiger partial charge is 0.220 e. The Kier molecular flexibility index (Phi) is 4.07. The van der Waals surface area contributed by atoms with Crippen molar-refractivity contribution in [1.82, 2.24) is 4.90 Å². The number of carbonyl (C=O) groups excluding carboxylic acids is 1. The number of rotatable bonds is 1. The minimum Gasteiger partial charge on any atom is -0.504 e. The lowest BCUT2D eigenvalue weighted by Crippen LogP contribution is -2.62. The van der Waals surface area contributed by atoms with Gasteiger partial charge in [0.05, 0.1) is 0 Å². The molecule has 7 atom stereocenters. The second-order valence-electron chi connectivity index (χ2n) is 13.7. The Balaban J connectivity index is 1.47. The van der Waals surface area contributed by atoms with Gasteiger partial charge in [-0.2, -0.15) is 0 Å². The molecule has 178 valence electrons. The average molecular weight is 448 g/mol. The van der Waals surface area contributed by atoms with Crippen molar-refractivity contribution < 1.29 is 9.90 Å². The number of fused-ring (bicyclic) bond motifs is 8. The van der Waals surface area contributed by atoms with Crippen LogP contribution in [0.1, 0.15) is 79.6 Å². The first-order valence-corrected chi connectivity index (χ1v) is 13.1. The molecule has 0 aromatic heterocycles. The molecule has 0 aromatic rings. The van der Waals surface area contributed by atoms with E-state index >= 15 is 0 Å². The molecule has 0 aromatic carbocycles. The van der Waals surface area contributed by atoms with E-state index in [0.29, 0.717) is 11.0 Å². The largest absolute Gasteiger partial charge is 0.504 e. The van der Waals surface area contributed by atoms with Crippen LogP contribution >= 0.6 is 0 Å². The van der Waals surface area contributed by atoms with E-state index in [1.165, 1.54) is 38.5 Å². The standard InChI is InChI=1S/C30H41NO2/c1-18-20-8-9-23-27(3,21(20)14-22(32)25(18)33)11-13-29(5)24-17-30(31(6)7)16-19(30)15-26(24,2)10-12-28(23,29)4/h8-9,14,19,24,33H,10-13,15-17H2,1-7H3/t19?,24-,26+,27+,28-,29+,30+/m1/s1. The van der Waals surface area contributed by atoms with Crippen molar-refractivity contribution in [2.75, 3.05) is 14.1 Å². The molecule has 0 aliphatic heterocycles. The van der Waals surface area contributed by atoms with E-state index in [2.05, 4.69) is 58.8 Å². The first-order valence-electron chi connectivity index (χ1n) is 13.1. The van der Waals surface area contributed by atoms with Crippen LogP contribution in [-0.4, -0.2) is 35.4 Å². The Morgan fingerprint density at radius 2 is 1.70 bits per heavy atom. The predicted octanol–water partition coefficient (Wildman–Crippen LogP) is 6.54. The van der Waals surface area contributed by atoms with Gasteiger partial charge in [0.2, 0.25) is 5.78 Å². The highest BCUT2D eigenvalue weighted by Gasteiger charge is 2.71. The Bertz CT molecular complexity index is 1110. The van der Waals surface area contributed by atoms with E-state index in [4.69, 9.17) is 0 Å². The summed E-state index contributed by atoms with van der Waals surface area (Å²) >= 11 is 0. The summed E-state index contributed by atoms with van der Waals surface area (Å²) in [5, 5.41) is 10.3. The van der Waals surface area contributed by atoms with Crippen LogP contribution in [-0.2, 0) is 4.79 Å². The van der Waals surface area contributed by atoms with Crippen LogP contribution in [0.25, 0.3) is 0 Å². The van der Waals surface area contributed by atoms with E-state index in [1.54, 1.807) is 11.6 Å². The maximum absolute atomic E-state index is 12.6. The monoisotopic (exact) mass is 447 g/mol. The molecule has 1 unspecified atom stereocenters. The lowest BCUT2D eigenvalue weighted by molar-refractivity contribution is -0.151. The van der Waals surface area contributed by atoms with Crippen LogP contribution in [0.4, 0.5) is 0 Å². The molecule has 1 N–H and O–H groups in total. The minimum atomic E-state index is -0.225. The molecular formula is C30H41NO2. The molecule has 0 amide bonds. The van der Waals surface area contributed by atoms with Gasteiger partial charge in [-0.3, -0.25) is 4.79 Å². The fourth-order valence-corrected chi connectivity index (χ4v) is 9.81. The molecule has 6 aliphatic carbocycles. The summed E-state index contributed by atoms with van der Waals surface area (Å²) in [4.78, 5) is 15.2. The zero-order valence-electron chi connectivity index (χ0n) is 21.6. The SMILES string of the molecule is CC1=C(O)C(=O)C=C2C1=CC=C1[C@@]2(C)CC[C@@]2(C)[C@@H]3C[C@@]4(N(C)C)CC4C[C@]3(C)CC[C@]12C. The highest BCUT2D eigenvalue weighted by atomic mass is 16.3. The van der Waals surface area contributed by atoms with Gasteiger partial charge in [-0.05, 0) is 111 Å². The predicted molar refractivity (Wildman–Crippen MR) is 133 cm³/mol. The van der Waals surface area contributed by atoms with E-state index in [9.17, 15) is 9.90 Å². The number of aliphatic hydroxyl groups is 1. The third-order valence-corrected chi connectivity index (χ3v) is 12.3. The van der Waals surface area contributed by atoms with E-state index < -0.39 is 0 Å². The van der Waals surface area contributed by atoms with Crippen LogP contribution < -0.4 is 0 Å². The minimum absolute atomic E-state index is 0.0825. The molecule has 0 spiro atoms. The molecule has 3 nitrogen and oxygen atoms in total. The van der Waals surface area contributed by atoms with Gasteiger partial charge >= 0.3 is 0 Å². The van der Waals surface area contributed by atoms with E-state index in [-0.39, 0.29) is 27.8 Å². The highest BCUT2D eigenvalue weighted by Crippen LogP contribution is 2.78. The summed E-state index contributed by atoms with van der Waals surface area (Å²) in [5.41, 5.74) is 5.64. The molecule has 4 fully saturated rings. The van der Waals surface area contributed by atoms with Gasteiger partial charge in [0.1, 0.15) is 0 Å². The van der Waals surface area contributed by atoms with Gasteiger partial charge in [0, 0.05) is 16.5 Å². The van der Waals surface area contributed by atoms with Crippen molar-refractivity contribution >= 4 is 5.78 Å². The summed E-state index contributed by atoms with van der Waals surface area (Å²) in [7, 11) is 4.61. The Morgan fingerprint density at radius 1 is 0.970 bits per heavy atom. The van der Waals surface area contributed by atoms with E-state index in [0.717, 1.165) is 35.0 Å². The molecule has 6 aliphatic rings. The van der Waals surface area contributed by atoms with Crippen molar-refractivity contribution in [3.05, 3.63) is 46.3 Å². The number of nitrogens with zero attached hydrogens (tertiary/aromatic N) is 1. The van der Waals surface area contributed by atoms with Gasteiger partial charge in [0.25, 0.3) is 0 Å². The van der Waals surface area contributed by atoms with Gasteiger partial charge in [-0.15, -0.1) is 0 Å². The van der Waals surface area contributed by atoms with Crippen LogP contribution in [0.5, 0.6) is 0 Å². The molecule has 3 heteroatoms. The lowest BCUT2D eigenvalue weighted by Gasteiger charge is -2.69. The van der Waals surface area contributed by atoms with Gasteiger partial charge in [0.15, 0.2) is 5.76 Å². The number of hydrogen-bond donors (Lipinski definition) is 1. The summed E-state index contributed by atoms with van der Waals surface area (Å²) in [6.45, 7) is 12.1. The molecule has 6 rings (SSSR count). The molecule has 0 heterocycles. The Labute approximate surface area is 199 Å². The van der Waals surface area contributed by atoms with Crippen molar-refractivity contribution in [1.29, 1.82) is 0 Å². The van der Waals surface area contributed by atoms with Crippen molar-refractivity contribution in [3.8, 4) is 0 Å². The van der Waals surface area contributed by atoms with Crippen molar-refractivity contribution in [2.45, 2.75) is 85.1 Å². The lowest BCUT2D eigenvalue weighted by atomic mass is 9.35. The first-order chi connectivity index (χ1) is 15.3. The summed E-state index contributed by atoms with van der Waals surface area (Å²) in [6.07, 6.45) is 15.3. The molecule has 0 radical (unpaired) electrons. The number of hydrogen-bond acceptors (Lipinski definition) is 3. The molecule has 0 bridgehead atoms. The highest BCUT2D eigenvalue weighted by molar-refractivity contribution is 6.06. The molecular weight excluding hydrogens is 406 g/mol. The summed E-state index contributed by atoms with van der Waals surface area (Å²) < 4.78 is 0. The molecule has 33 heavy (non-hydrogen) atoms. The second-order valence-corrected chi connectivity index (χ2v) is 13.7. The van der Waals surface area contributed by atoms with Gasteiger partial charge in [-0.25, -0.2) is 0 Å².